The molecule has 7 aromatic rings. The van der Waals surface area contributed by atoms with Gasteiger partial charge in [0.25, 0.3) is 0 Å². The summed E-state index contributed by atoms with van der Waals surface area (Å²) < 4.78 is 24.7. The van der Waals surface area contributed by atoms with E-state index in [2.05, 4.69) is 29.2 Å². The topological polar surface area (TPSA) is 104 Å². The van der Waals surface area contributed by atoms with Gasteiger partial charge in [0.2, 0.25) is 0 Å². The van der Waals surface area contributed by atoms with Crippen LogP contribution in [0, 0.1) is 10.1 Å². The second kappa shape index (κ2) is 21.4. The zero-order valence-corrected chi connectivity index (χ0v) is 34.2. The number of rotatable bonds is 21. The number of ether oxygens (including phenoxy) is 4. The van der Waals surface area contributed by atoms with E-state index in [4.69, 9.17) is 18.9 Å². The molecule has 0 aromatic heterocycles. The number of nitrogens with zero attached hydrogens (tertiary/aromatic N) is 2. The second-order valence-electron chi connectivity index (χ2n) is 14.9. The molecule has 7 aromatic carbocycles. The van der Waals surface area contributed by atoms with Gasteiger partial charge in [-0.05, 0) is 83.1 Å². The van der Waals surface area contributed by atoms with Gasteiger partial charge in [-0.25, -0.2) is 0 Å². The molecule has 9 nitrogen and oxygen atoms in total. The van der Waals surface area contributed by atoms with Gasteiger partial charge in [0.05, 0.1) is 11.0 Å². The highest BCUT2D eigenvalue weighted by Gasteiger charge is 2.29. The number of nitro benzene ring substituents is 1. The van der Waals surface area contributed by atoms with E-state index < -0.39 is 17.3 Å². The van der Waals surface area contributed by atoms with Crippen molar-refractivity contribution in [2.45, 2.75) is 58.0 Å². The minimum atomic E-state index is -0.961. The van der Waals surface area contributed by atoms with E-state index in [0.717, 1.165) is 44.9 Å². The molecule has 0 fully saturated rings. The molecule has 0 spiro atoms. The molecule has 0 amide bonds. The Balaban J connectivity index is 1.14. The van der Waals surface area contributed by atoms with E-state index in [1.54, 1.807) is 19.1 Å². The third-order valence-corrected chi connectivity index (χ3v) is 10.4. The first-order chi connectivity index (χ1) is 29.9. The monoisotopic (exact) mass is 814 g/mol. The van der Waals surface area contributed by atoms with Crippen molar-refractivity contribution >= 4 is 5.69 Å². The van der Waals surface area contributed by atoms with Crippen LogP contribution in [0.4, 0.5) is 5.69 Å². The van der Waals surface area contributed by atoms with E-state index in [0.29, 0.717) is 32.7 Å². The van der Waals surface area contributed by atoms with Crippen LogP contribution in [0.2, 0.25) is 0 Å². The van der Waals surface area contributed by atoms with Crippen molar-refractivity contribution in [3.8, 4) is 23.0 Å². The fourth-order valence-corrected chi connectivity index (χ4v) is 7.20. The molecule has 0 radical (unpaired) electrons. The molecule has 1 N–H and O–H groups in total. The number of hydrogen-bond donors (Lipinski definition) is 1. The summed E-state index contributed by atoms with van der Waals surface area (Å²) in [5, 5.41) is 23.6. The Bertz CT molecular complexity index is 2290. The molecule has 7 rings (SSSR count). The van der Waals surface area contributed by atoms with Crippen LogP contribution in [0.1, 0.15) is 52.6 Å². The lowest BCUT2D eigenvalue weighted by Gasteiger charge is -2.35. The highest BCUT2D eigenvalue weighted by Crippen LogP contribution is 2.35. The Kier molecular flexibility index (Phi) is 14.8. The maximum Gasteiger partial charge on any atom is 0.314 e. The van der Waals surface area contributed by atoms with Crippen LogP contribution in [0.3, 0.4) is 0 Å². The van der Waals surface area contributed by atoms with Gasteiger partial charge in [0, 0.05) is 19.0 Å². The lowest BCUT2D eigenvalue weighted by atomic mass is 9.88. The minimum Gasteiger partial charge on any atom is -0.489 e. The van der Waals surface area contributed by atoms with Crippen LogP contribution in [0.25, 0.3) is 0 Å². The predicted molar refractivity (Wildman–Crippen MR) is 238 cm³/mol. The van der Waals surface area contributed by atoms with E-state index in [-0.39, 0.29) is 29.7 Å². The molecule has 310 valence electrons. The maximum absolute atomic E-state index is 12.3. The standard InChI is InChI=1S/C52H50N2O7/c1-39(55)52(61-48-30-31-51(50(34-48)54(56)57)60-38-43-20-12-5-13-21-43)53(35-40-14-6-2-7-15-40)33-32-49(44-22-26-46(27-23-44)58-36-41-16-8-3-9-17-41)45-24-28-47(29-25-45)59-37-42-18-10-4-11-19-42/h2-31,34,39,49,52,55H,32-33,35-38H2,1H3. The molecule has 61 heavy (non-hydrogen) atoms. The van der Waals surface area contributed by atoms with E-state index in [9.17, 15) is 15.2 Å². The summed E-state index contributed by atoms with van der Waals surface area (Å²) in [5.41, 5.74) is 6.08. The first kappa shape index (κ1) is 42.2. The lowest BCUT2D eigenvalue weighted by molar-refractivity contribution is -0.386. The largest absolute Gasteiger partial charge is 0.489 e. The lowest BCUT2D eigenvalue weighted by Crippen LogP contribution is -2.47. The Morgan fingerprint density at radius 2 is 0.984 bits per heavy atom. The molecule has 0 aliphatic carbocycles. The second-order valence-corrected chi connectivity index (χ2v) is 14.9. The van der Waals surface area contributed by atoms with Crippen LogP contribution in [0.5, 0.6) is 23.0 Å². The SMILES string of the molecule is CC(O)C(Oc1ccc(OCc2ccccc2)c([N+](=O)[O-])c1)N(CCC(c1ccc(OCc2ccccc2)cc1)c1ccc(OCc2ccccc2)cc1)Cc1ccccc1. The Morgan fingerprint density at radius 1 is 0.557 bits per heavy atom. The quantitative estimate of drug-likeness (QED) is 0.0435. The molecule has 0 saturated carbocycles. The summed E-state index contributed by atoms with van der Waals surface area (Å²) in [6.07, 6.45) is -1.16. The van der Waals surface area contributed by atoms with Gasteiger partial charge in [0.1, 0.15) is 43.2 Å². The summed E-state index contributed by atoms with van der Waals surface area (Å²) in [4.78, 5) is 13.9. The fourth-order valence-electron chi connectivity index (χ4n) is 7.20. The van der Waals surface area contributed by atoms with Gasteiger partial charge < -0.3 is 24.1 Å². The van der Waals surface area contributed by atoms with Crippen molar-refractivity contribution in [2.24, 2.45) is 0 Å². The number of aliphatic hydroxyl groups excluding tert-OH is 1. The van der Waals surface area contributed by atoms with Crippen molar-refractivity contribution in [3.63, 3.8) is 0 Å². The normalized spacial score (nSPS) is 12.1. The highest BCUT2D eigenvalue weighted by atomic mass is 16.6. The van der Waals surface area contributed by atoms with Gasteiger partial charge >= 0.3 is 5.69 Å². The predicted octanol–water partition coefficient (Wildman–Crippen LogP) is 11.1. The van der Waals surface area contributed by atoms with Crippen molar-refractivity contribution in [1.82, 2.24) is 4.90 Å². The van der Waals surface area contributed by atoms with Crippen LogP contribution in [0.15, 0.2) is 188 Å². The van der Waals surface area contributed by atoms with Crippen molar-refractivity contribution in [1.29, 1.82) is 0 Å². The molecule has 2 atom stereocenters. The average Bonchev–Trinajstić information content (AvgIpc) is 3.30. The van der Waals surface area contributed by atoms with Crippen LogP contribution in [-0.2, 0) is 26.4 Å². The molecule has 2 unspecified atom stereocenters. The van der Waals surface area contributed by atoms with Gasteiger partial charge in [0.15, 0.2) is 12.0 Å². The molecule has 0 aliphatic rings. The van der Waals surface area contributed by atoms with E-state index >= 15 is 0 Å². The number of benzene rings is 7. The number of nitro groups is 1. The molecular weight excluding hydrogens is 765 g/mol. The molecule has 0 saturated heterocycles. The van der Waals surface area contributed by atoms with Crippen molar-refractivity contribution in [3.05, 3.63) is 232 Å². The van der Waals surface area contributed by atoms with Gasteiger partial charge in [-0.1, -0.05) is 146 Å². The summed E-state index contributed by atoms with van der Waals surface area (Å²) in [5.74, 6) is 1.87. The third-order valence-electron chi connectivity index (χ3n) is 10.4. The van der Waals surface area contributed by atoms with Gasteiger partial charge in [-0.2, -0.15) is 0 Å². The van der Waals surface area contributed by atoms with Crippen molar-refractivity contribution in [2.75, 3.05) is 6.54 Å². The van der Waals surface area contributed by atoms with E-state index in [1.807, 2.05) is 146 Å². The van der Waals surface area contributed by atoms with Crippen molar-refractivity contribution < 1.29 is 29.0 Å². The summed E-state index contributed by atoms with van der Waals surface area (Å²) in [7, 11) is 0. The van der Waals surface area contributed by atoms with Gasteiger partial charge in [-0.3, -0.25) is 15.0 Å². The summed E-state index contributed by atoms with van der Waals surface area (Å²) in [6, 6.07) is 60.6. The third kappa shape index (κ3) is 12.3. The van der Waals surface area contributed by atoms with Crippen LogP contribution < -0.4 is 18.9 Å². The fraction of sp³-hybridized carbons (Fsp3) is 0.192. The number of hydrogen-bond acceptors (Lipinski definition) is 8. The molecule has 0 aliphatic heterocycles. The molecule has 0 bridgehead atoms. The molecule has 9 heteroatoms. The highest BCUT2D eigenvalue weighted by molar-refractivity contribution is 5.51. The van der Waals surface area contributed by atoms with Crippen LogP contribution >= 0.6 is 0 Å². The first-order valence-electron chi connectivity index (χ1n) is 20.5. The van der Waals surface area contributed by atoms with E-state index in [1.165, 1.54) is 6.07 Å². The number of aliphatic hydroxyl groups is 1. The average molecular weight is 815 g/mol. The Morgan fingerprint density at radius 3 is 1.43 bits per heavy atom. The minimum absolute atomic E-state index is 0.0543. The first-order valence-corrected chi connectivity index (χ1v) is 20.5. The van der Waals surface area contributed by atoms with Crippen LogP contribution in [-0.4, -0.2) is 33.8 Å². The zero-order chi connectivity index (χ0) is 42.2. The smallest absolute Gasteiger partial charge is 0.314 e. The Labute approximate surface area is 357 Å². The zero-order valence-electron chi connectivity index (χ0n) is 34.2. The van der Waals surface area contributed by atoms with Gasteiger partial charge in [-0.15, -0.1) is 0 Å². The Hall–Kier alpha value is -6.94. The summed E-state index contributed by atoms with van der Waals surface area (Å²) >= 11 is 0. The molecular formula is C52H50N2O7. The maximum atomic E-state index is 12.3. The molecule has 0 heterocycles. The summed E-state index contributed by atoms with van der Waals surface area (Å²) in [6.45, 7) is 3.76.